The molecule has 0 radical (unpaired) electrons. The number of rotatable bonds is 4. The molecule has 1 amide bonds. The van der Waals surface area contributed by atoms with Crippen LogP contribution in [0, 0.1) is 0 Å². The summed E-state index contributed by atoms with van der Waals surface area (Å²) in [5.74, 6) is 0.680. The third-order valence-electron chi connectivity index (χ3n) is 4.20. The van der Waals surface area contributed by atoms with E-state index in [-0.39, 0.29) is 5.91 Å². The van der Waals surface area contributed by atoms with Crippen LogP contribution in [0.25, 0.3) is 10.9 Å². The van der Waals surface area contributed by atoms with Gasteiger partial charge in [0.25, 0.3) is 0 Å². The number of methoxy groups -OCH3 is 1. The summed E-state index contributed by atoms with van der Waals surface area (Å²) in [4.78, 5) is 15.1. The molecule has 23 heavy (non-hydrogen) atoms. The summed E-state index contributed by atoms with van der Waals surface area (Å²) < 4.78 is 5.34. The number of nitrogens with one attached hydrogen (secondary N) is 2. The first-order valence-electron chi connectivity index (χ1n) is 7.54. The van der Waals surface area contributed by atoms with Crippen LogP contribution in [-0.4, -0.2) is 18.0 Å². The second-order valence-corrected chi connectivity index (χ2v) is 5.79. The number of para-hydroxylation sites is 1. The summed E-state index contributed by atoms with van der Waals surface area (Å²) in [7, 11) is 1.64. The highest BCUT2D eigenvalue weighted by Gasteiger charge is 2.32. The fraction of sp³-hybridized carbons (Fsp3) is 0.211. The van der Waals surface area contributed by atoms with Crippen molar-refractivity contribution < 1.29 is 9.53 Å². The molecule has 118 valence electrons. The van der Waals surface area contributed by atoms with Gasteiger partial charge in [-0.3, -0.25) is 4.79 Å². The van der Waals surface area contributed by atoms with E-state index in [0.29, 0.717) is 0 Å². The average Bonchev–Trinajstić information content (AvgIpc) is 2.99. The first kappa shape index (κ1) is 15.2. The predicted octanol–water partition coefficient (Wildman–Crippen LogP) is 3.58. The maximum Gasteiger partial charge on any atom is 0.217 e. The lowest BCUT2D eigenvalue weighted by atomic mass is 9.84. The number of benzene rings is 2. The molecule has 3 aromatic rings. The fourth-order valence-corrected chi connectivity index (χ4v) is 3.07. The van der Waals surface area contributed by atoms with Crippen molar-refractivity contribution in [1.29, 1.82) is 0 Å². The minimum atomic E-state index is -0.653. The van der Waals surface area contributed by atoms with Crippen LogP contribution in [0.2, 0.25) is 0 Å². The number of carbonyl (C=O) groups excluding carboxylic acids is 1. The molecule has 0 aliphatic rings. The summed E-state index contributed by atoms with van der Waals surface area (Å²) in [5, 5.41) is 4.19. The lowest BCUT2D eigenvalue weighted by Gasteiger charge is -2.31. The number of H-pyrrole nitrogens is 1. The van der Waals surface area contributed by atoms with E-state index in [9.17, 15) is 4.79 Å². The zero-order valence-electron chi connectivity index (χ0n) is 13.5. The molecular weight excluding hydrogens is 288 g/mol. The van der Waals surface area contributed by atoms with Gasteiger partial charge in [-0.05, 0) is 30.7 Å². The van der Waals surface area contributed by atoms with Crippen molar-refractivity contribution in [2.75, 3.05) is 7.11 Å². The molecule has 0 spiro atoms. The van der Waals surface area contributed by atoms with Crippen molar-refractivity contribution in [3.05, 3.63) is 65.9 Å². The normalized spacial score (nSPS) is 13.5. The summed E-state index contributed by atoms with van der Waals surface area (Å²) in [6.07, 6.45) is 1.96. The van der Waals surface area contributed by atoms with Crippen molar-refractivity contribution in [3.63, 3.8) is 0 Å². The molecule has 0 bridgehead atoms. The van der Waals surface area contributed by atoms with E-state index in [0.717, 1.165) is 27.8 Å². The van der Waals surface area contributed by atoms with Gasteiger partial charge in [0.2, 0.25) is 5.91 Å². The Labute approximate surface area is 135 Å². The number of hydrogen-bond donors (Lipinski definition) is 2. The number of aromatic nitrogens is 1. The van der Waals surface area contributed by atoms with Gasteiger partial charge in [-0.25, -0.2) is 0 Å². The highest BCUT2D eigenvalue weighted by Crippen LogP contribution is 2.35. The summed E-state index contributed by atoms with van der Waals surface area (Å²) in [5.41, 5.74) is 2.38. The van der Waals surface area contributed by atoms with Crippen LogP contribution in [0.3, 0.4) is 0 Å². The van der Waals surface area contributed by atoms with Gasteiger partial charge >= 0.3 is 0 Å². The zero-order chi connectivity index (χ0) is 16.4. The second kappa shape index (κ2) is 5.80. The summed E-state index contributed by atoms with van der Waals surface area (Å²) >= 11 is 0. The SMILES string of the molecule is COc1cccc(C(C)(NC(C)=O)c2c[nH]c3ccccc23)c1. The van der Waals surface area contributed by atoms with Crippen molar-refractivity contribution in [3.8, 4) is 5.75 Å². The average molecular weight is 308 g/mol. The molecular formula is C19H20N2O2. The van der Waals surface area contributed by atoms with Crippen LogP contribution in [-0.2, 0) is 10.3 Å². The van der Waals surface area contributed by atoms with Crippen molar-refractivity contribution in [2.45, 2.75) is 19.4 Å². The van der Waals surface area contributed by atoms with E-state index in [1.807, 2.05) is 55.6 Å². The van der Waals surface area contributed by atoms with Crippen LogP contribution in [0.15, 0.2) is 54.7 Å². The Hall–Kier alpha value is -2.75. The monoisotopic (exact) mass is 308 g/mol. The molecule has 4 nitrogen and oxygen atoms in total. The molecule has 2 N–H and O–H groups in total. The van der Waals surface area contributed by atoms with Crippen LogP contribution < -0.4 is 10.1 Å². The van der Waals surface area contributed by atoms with Crippen molar-refractivity contribution >= 4 is 16.8 Å². The van der Waals surface area contributed by atoms with Gasteiger partial charge < -0.3 is 15.0 Å². The fourth-order valence-electron chi connectivity index (χ4n) is 3.07. The maximum absolute atomic E-state index is 11.9. The van der Waals surface area contributed by atoms with E-state index >= 15 is 0 Å². The Morgan fingerprint density at radius 2 is 1.96 bits per heavy atom. The van der Waals surface area contributed by atoms with Crippen LogP contribution >= 0.6 is 0 Å². The molecule has 4 heteroatoms. The van der Waals surface area contributed by atoms with Crippen LogP contribution in [0.5, 0.6) is 5.75 Å². The van der Waals surface area contributed by atoms with Crippen LogP contribution in [0.4, 0.5) is 0 Å². The molecule has 1 aromatic heterocycles. The lowest BCUT2D eigenvalue weighted by Crippen LogP contribution is -2.43. The number of carbonyl (C=O) groups is 1. The predicted molar refractivity (Wildman–Crippen MR) is 91.6 cm³/mol. The van der Waals surface area contributed by atoms with E-state index in [1.54, 1.807) is 7.11 Å². The van der Waals surface area contributed by atoms with Gasteiger partial charge in [0, 0.05) is 29.6 Å². The van der Waals surface area contributed by atoms with E-state index in [1.165, 1.54) is 6.92 Å². The Morgan fingerprint density at radius 1 is 1.17 bits per heavy atom. The van der Waals surface area contributed by atoms with Gasteiger partial charge in [0.15, 0.2) is 0 Å². The molecule has 0 saturated heterocycles. The molecule has 0 saturated carbocycles. The first-order valence-corrected chi connectivity index (χ1v) is 7.54. The number of fused-ring (bicyclic) bond motifs is 1. The Morgan fingerprint density at radius 3 is 2.70 bits per heavy atom. The van der Waals surface area contributed by atoms with Gasteiger partial charge in [-0.1, -0.05) is 30.3 Å². The largest absolute Gasteiger partial charge is 0.497 e. The van der Waals surface area contributed by atoms with E-state index < -0.39 is 5.54 Å². The van der Waals surface area contributed by atoms with Gasteiger partial charge in [-0.15, -0.1) is 0 Å². The number of aromatic amines is 1. The molecule has 1 unspecified atom stereocenters. The van der Waals surface area contributed by atoms with E-state index in [2.05, 4.69) is 16.4 Å². The smallest absolute Gasteiger partial charge is 0.217 e. The molecule has 0 fully saturated rings. The quantitative estimate of drug-likeness (QED) is 0.774. The second-order valence-electron chi connectivity index (χ2n) is 5.79. The summed E-state index contributed by atoms with van der Waals surface area (Å²) in [6.45, 7) is 3.55. The zero-order valence-corrected chi connectivity index (χ0v) is 13.5. The number of ether oxygens (including phenoxy) is 1. The van der Waals surface area contributed by atoms with Gasteiger partial charge in [0.05, 0.1) is 12.6 Å². The van der Waals surface area contributed by atoms with Crippen LogP contribution in [0.1, 0.15) is 25.0 Å². The number of hydrogen-bond acceptors (Lipinski definition) is 2. The Kier molecular flexibility index (Phi) is 3.82. The topological polar surface area (TPSA) is 54.1 Å². The molecule has 1 atom stereocenters. The molecule has 0 aliphatic heterocycles. The Bertz CT molecular complexity index is 853. The molecule has 0 aliphatic carbocycles. The number of amides is 1. The summed E-state index contributed by atoms with van der Waals surface area (Å²) in [6, 6.07) is 15.9. The highest BCUT2D eigenvalue weighted by molar-refractivity contribution is 5.86. The maximum atomic E-state index is 11.9. The third kappa shape index (κ3) is 2.68. The van der Waals surface area contributed by atoms with Crippen molar-refractivity contribution in [2.24, 2.45) is 0 Å². The van der Waals surface area contributed by atoms with Gasteiger partial charge in [0.1, 0.15) is 5.75 Å². The molecule has 1 heterocycles. The van der Waals surface area contributed by atoms with Crippen molar-refractivity contribution in [1.82, 2.24) is 10.3 Å². The van der Waals surface area contributed by atoms with Gasteiger partial charge in [-0.2, -0.15) is 0 Å². The van der Waals surface area contributed by atoms with E-state index in [4.69, 9.17) is 4.74 Å². The highest BCUT2D eigenvalue weighted by atomic mass is 16.5. The Balaban J connectivity index is 2.22. The molecule has 2 aromatic carbocycles. The lowest BCUT2D eigenvalue weighted by molar-refractivity contribution is -0.120. The first-order chi connectivity index (χ1) is 11.0. The third-order valence-corrected chi connectivity index (χ3v) is 4.20. The standard InChI is InChI=1S/C19H20N2O2/c1-13(22)21-19(2,14-7-6-8-15(11-14)23-3)17-12-20-18-10-5-4-9-16(17)18/h4-12,20H,1-3H3,(H,21,22). The minimum Gasteiger partial charge on any atom is -0.497 e. The minimum absolute atomic E-state index is 0.0828. The molecule has 3 rings (SSSR count).